The van der Waals surface area contributed by atoms with Crippen molar-refractivity contribution >= 4 is 51.9 Å². The molecule has 1 saturated carbocycles. The predicted molar refractivity (Wildman–Crippen MR) is 188 cm³/mol. The van der Waals surface area contributed by atoms with E-state index in [9.17, 15) is 14.4 Å². The second-order valence-electron chi connectivity index (χ2n) is 12.0. The maximum atomic E-state index is 14.4. The molecule has 1 aliphatic heterocycles. The van der Waals surface area contributed by atoms with Crippen molar-refractivity contribution in [2.24, 2.45) is 5.92 Å². The summed E-state index contributed by atoms with van der Waals surface area (Å²) in [7, 11) is 2.96. The van der Waals surface area contributed by atoms with E-state index in [2.05, 4.69) is 33.6 Å². The van der Waals surface area contributed by atoms with Gasteiger partial charge in [0.1, 0.15) is 17.1 Å². The number of nitrogens with zero attached hydrogens (tertiary/aromatic N) is 5. The van der Waals surface area contributed by atoms with E-state index in [1.165, 1.54) is 20.3 Å². The Hall–Kier alpha value is -4.11. The molecular formula is C35H40Cl2N6O5. The normalized spacial score (nSPS) is 18.1. The van der Waals surface area contributed by atoms with Crippen LogP contribution in [-0.2, 0) is 16.1 Å². The van der Waals surface area contributed by atoms with Crippen LogP contribution in [0.15, 0.2) is 35.8 Å². The lowest BCUT2D eigenvalue weighted by atomic mass is 9.81. The van der Waals surface area contributed by atoms with Crippen molar-refractivity contribution in [1.82, 2.24) is 24.3 Å². The van der Waals surface area contributed by atoms with Crippen molar-refractivity contribution in [3.63, 3.8) is 0 Å². The Balaban J connectivity index is 1.54. The maximum Gasteiger partial charge on any atom is 0.298 e. The number of methoxy groups -OCH3 is 2. The summed E-state index contributed by atoms with van der Waals surface area (Å²) < 4.78 is 12.6. The molecule has 0 radical (unpaired) electrons. The van der Waals surface area contributed by atoms with Crippen molar-refractivity contribution < 1.29 is 19.1 Å². The number of pyridine rings is 1. The first-order valence-electron chi connectivity index (χ1n) is 16.1. The highest BCUT2D eigenvalue weighted by molar-refractivity contribution is 6.41. The van der Waals surface area contributed by atoms with Gasteiger partial charge in [-0.3, -0.25) is 23.9 Å². The molecule has 13 heteroatoms. The Bertz CT molecular complexity index is 1800. The van der Waals surface area contributed by atoms with Gasteiger partial charge in [-0.2, -0.15) is 4.98 Å². The van der Waals surface area contributed by atoms with E-state index in [4.69, 9.17) is 37.7 Å². The number of rotatable bonds is 11. The number of benzene rings is 1. The SMILES string of the molecule is C=CC(=O)CC1CCCCC1Nc1ncc2cc(-c3c(Cl)c(OC)cc(OC)c3Cl)c(=O)n(CCN3CCN(C(=O)C#CC)CC3)c2n1. The fourth-order valence-corrected chi connectivity index (χ4v) is 7.19. The number of aromatic nitrogens is 3. The third-order valence-electron chi connectivity index (χ3n) is 9.12. The highest BCUT2D eigenvalue weighted by Crippen LogP contribution is 2.45. The molecule has 1 aliphatic carbocycles. The topological polar surface area (TPSA) is 119 Å². The lowest BCUT2D eigenvalue weighted by Crippen LogP contribution is -2.49. The average molecular weight is 696 g/mol. The zero-order chi connectivity index (χ0) is 34.4. The zero-order valence-electron chi connectivity index (χ0n) is 27.5. The van der Waals surface area contributed by atoms with Gasteiger partial charge in [-0.1, -0.05) is 48.5 Å². The minimum absolute atomic E-state index is 0.0119. The predicted octanol–water partition coefficient (Wildman–Crippen LogP) is 5.07. The Labute approximate surface area is 290 Å². The van der Waals surface area contributed by atoms with Crippen LogP contribution in [0.2, 0.25) is 10.0 Å². The van der Waals surface area contributed by atoms with E-state index in [1.807, 2.05) is 0 Å². The van der Waals surface area contributed by atoms with Crippen LogP contribution in [0.4, 0.5) is 5.95 Å². The Morgan fingerprint density at radius 2 is 1.75 bits per heavy atom. The molecule has 5 rings (SSSR count). The minimum atomic E-state index is -0.342. The molecule has 1 amide bonds. The first-order chi connectivity index (χ1) is 23.2. The molecule has 2 fully saturated rings. The van der Waals surface area contributed by atoms with Gasteiger partial charge in [0, 0.05) is 74.9 Å². The van der Waals surface area contributed by atoms with Gasteiger partial charge < -0.3 is 19.7 Å². The van der Waals surface area contributed by atoms with E-state index in [-0.39, 0.29) is 44.8 Å². The Morgan fingerprint density at radius 3 is 2.40 bits per heavy atom. The number of ether oxygens (including phenoxy) is 2. The van der Waals surface area contributed by atoms with E-state index in [0.717, 1.165) is 25.7 Å². The highest BCUT2D eigenvalue weighted by Gasteiger charge is 2.28. The van der Waals surface area contributed by atoms with Crippen LogP contribution in [0.5, 0.6) is 11.5 Å². The number of halogens is 2. The number of ketones is 1. The fourth-order valence-electron chi connectivity index (χ4n) is 6.49. The number of hydrogen-bond acceptors (Lipinski definition) is 9. The summed E-state index contributed by atoms with van der Waals surface area (Å²) in [6.07, 6.45) is 7.37. The van der Waals surface area contributed by atoms with Gasteiger partial charge in [-0.25, -0.2) is 4.98 Å². The van der Waals surface area contributed by atoms with Crippen molar-refractivity contribution in [2.45, 2.75) is 51.6 Å². The molecule has 11 nitrogen and oxygen atoms in total. The molecule has 3 heterocycles. The molecular weight excluding hydrogens is 655 g/mol. The molecule has 1 saturated heterocycles. The summed E-state index contributed by atoms with van der Waals surface area (Å²) in [6.45, 7) is 8.49. The standard InChI is InChI=1S/C35H40Cl2N6O5/c1-5-9-29(45)42-15-12-41(13-16-42)14-17-43-33-23(19-25(34(43)46)30-31(36)27(47-3)20-28(48-4)32(30)37)21-38-35(40-33)39-26-11-8-7-10-22(26)18-24(44)6-2/h6,19-22,26H,2,7-8,10-18H2,1,3-4H3,(H,38,39,40). The number of allylic oxidation sites excluding steroid dienone is 1. The molecule has 0 bridgehead atoms. The van der Waals surface area contributed by atoms with Crippen LogP contribution < -0.4 is 20.3 Å². The van der Waals surface area contributed by atoms with Crippen LogP contribution in [0.1, 0.15) is 39.0 Å². The van der Waals surface area contributed by atoms with Crippen LogP contribution in [0.3, 0.4) is 0 Å². The Morgan fingerprint density at radius 1 is 1.06 bits per heavy atom. The molecule has 0 spiro atoms. The number of anilines is 1. The van der Waals surface area contributed by atoms with Gasteiger partial charge in [0.05, 0.1) is 29.8 Å². The number of fused-ring (bicyclic) bond motifs is 1. The molecule has 1 aromatic carbocycles. The third kappa shape index (κ3) is 7.62. The average Bonchev–Trinajstić information content (AvgIpc) is 3.09. The zero-order valence-corrected chi connectivity index (χ0v) is 29.0. The Kier molecular flexibility index (Phi) is 11.6. The van der Waals surface area contributed by atoms with Crippen LogP contribution in [0, 0.1) is 17.8 Å². The number of hydrogen-bond donors (Lipinski definition) is 1. The summed E-state index contributed by atoms with van der Waals surface area (Å²) in [5.41, 5.74) is 0.650. The number of carbonyl (C=O) groups excluding carboxylic acids is 2. The van der Waals surface area contributed by atoms with Crippen molar-refractivity contribution in [3.8, 4) is 34.5 Å². The quantitative estimate of drug-likeness (QED) is 0.217. The minimum Gasteiger partial charge on any atom is -0.495 e. The smallest absolute Gasteiger partial charge is 0.298 e. The lowest BCUT2D eigenvalue weighted by Gasteiger charge is -2.33. The molecule has 254 valence electrons. The summed E-state index contributed by atoms with van der Waals surface area (Å²) in [5, 5.41) is 4.44. The van der Waals surface area contributed by atoms with Crippen LogP contribution in [-0.4, -0.2) is 89.0 Å². The number of piperazine rings is 1. The third-order valence-corrected chi connectivity index (χ3v) is 9.87. The van der Waals surface area contributed by atoms with E-state index < -0.39 is 0 Å². The van der Waals surface area contributed by atoms with Gasteiger partial charge >= 0.3 is 0 Å². The molecule has 1 N–H and O–H groups in total. The van der Waals surface area contributed by atoms with Gasteiger partial charge in [0.2, 0.25) is 5.95 Å². The van der Waals surface area contributed by atoms with Crippen LogP contribution >= 0.6 is 23.2 Å². The lowest BCUT2D eigenvalue weighted by molar-refractivity contribution is -0.126. The second kappa shape index (κ2) is 15.9. The highest BCUT2D eigenvalue weighted by atomic mass is 35.5. The van der Waals surface area contributed by atoms with Gasteiger partial charge in [-0.05, 0) is 43.7 Å². The summed E-state index contributed by atoms with van der Waals surface area (Å²) in [5.74, 6) is 6.25. The number of amides is 1. The van der Waals surface area contributed by atoms with Crippen molar-refractivity contribution in [3.05, 3.63) is 51.4 Å². The molecule has 48 heavy (non-hydrogen) atoms. The van der Waals surface area contributed by atoms with E-state index >= 15 is 0 Å². The summed E-state index contributed by atoms with van der Waals surface area (Å²) in [4.78, 5) is 52.3. The van der Waals surface area contributed by atoms with E-state index in [0.29, 0.717) is 79.7 Å². The summed E-state index contributed by atoms with van der Waals surface area (Å²) >= 11 is 13.5. The molecule has 2 atom stereocenters. The van der Waals surface area contributed by atoms with Crippen LogP contribution in [0.25, 0.3) is 22.2 Å². The largest absolute Gasteiger partial charge is 0.495 e. The molecule has 3 aromatic rings. The number of nitrogens with one attached hydrogen (secondary N) is 1. The molecule has 2 unspecified atom stereocenters. The first kappa shape index (κ1) is 35.2. The van der Waals surface area contributed by atoms with Gasteiger partial charge in [0.25, 0.3) is 11.5 Å². The monoisotopic (exact) mass is 694 g/mol. The van der Waals surface area contributed by atoms with Crippen molar-refractivity contribution in [1.29, 1.82) is 0 Å². The maximum absolute atomic E-state index is 14.4. The van der Waals surface area contributed by atoms with Crippen molar-refractivity contribution in [2.75, 3.05) is 52.3 Å². The molecule has 2 aliphatic rings. The summed E-state index contributed by atoms with van der Waals surface area (Å²) in [6, 6.07) is 3.28. The number of carbonyl (C=O) groups is 2. The van der Waals surface area contributed by atoms with Gasteiger partial charge in [0.15, 0.2) is 5.78 Å². The molecule has 2 aromatic heterocycles. The first-order valence-corrected chi connectivity index (χ1v) is 16.8. The second-order valence-corrected chi connectivity index (χ2v) is 12.7. The van der Waals surface area contributed by atoms with Gasteiger partial charge in [-0.15, -0.1) is 0 Å². The fraction of sp³-hybridized carbons (Fsp3) is 0.457. The van der Waals surface area contributed by atoms with E-state index in [1.54, 1.807) is 34.7 Å².